The van der Waals surface area contributed by atoms with E-state index in [4.69, 9.17) is 0 Å². The first-order valence-electron chi connectivity index (χ1n) is 8.68. The molecule has 1 unspecified atom stereocenters. The van der Waals surface area contributed by atoms with Crippen molar-refractivity contribution in [2.45, 2.75) is 44.2 Å². The first-order chi connectivity index (χ1) is 13.6. The van der Waals surface area contributed by atoms with Gasteiger partial charge in [0.2, 0.25) is 5.91 Å². The van der Waals surface area contributed by atoms with Crippen LogP contribution in [-0.2, 0) is 9.59 Å². The van der Waals surface area contributed by atoms with Gasteiger partial charge in [-0.15, -0.1) is 0 Å². The van der Waals surface area contributed by atoms with Gasteiger partial charge < -0.3 is 20.8 Å². The van der Waals surface area contributed by atoms with Gasteiger partial charge in [0.1, 0.15) is 6.04 Å². The molecule has 2 rings (SSSR count). The molecule has 11 heteroatoms. The second kappa shape index (κ2) is 9.81. The molecule has 0 aliphatic carbocycles. The lowest BCUT2D eigenvalue weighted by Gasteiger charge is -2.19. The molecule has 2 amide bonds. The first kappa shape index (κ1) is 22.8. The minimum atomic E-state index is -4.85. The summed E-state index contributed by atoms with van der Waals surface area (Å²) in [6.07, 6.45) is -7.43. The quantitative estimate of drug-likeness (QED) is 0.514. The predicted molar refractivity (Wildman–Crippen MR) is 100.0 cm³/mol. The summed E-state index contributed by atoms with van der Waals surface area (Å²) in [6, 6.07) is 7.12. The summed E-state index contributed by atoms with van der Waals surface area (Å²) in [5, 5.41) is 24.0. The maximum Gasteiger partial charge on any atom is 0.419 e. The highest BCUT2D eigenvalue weighted by Gasteiger charge is 2.40. The molecule has 0 aliphatic rings. The van der Waals surface area contributed by atoms with Crippen LogP contribution in [0.2, 0.25) is 0 Å². The van der Waals surface area contributed by atoms with E-state index in [2.05, 4.69) is 15.6 Å². The van der Waals surface area contributed by atoms with Crippen LogP contribution in [0.1, 0.15) is 42.4 Å². The first-order valence-corrected chi connectivity index (χ1v) is 9.49. The Balaban J connectivity index is 2.04. The fourth-order valence-corrected chi connectivity index (χ4v) is 3.25. The summed E-state index contributed by atoms with van der Waals surface area (Å²) >= 11 is 0.479. The van der Waals surface area contributed by atoms with E-state index >= 15 is 0 Å². The highest BCUT2D eigenvalue weighted by molar-refractivity contribution is 7.15. The number of carbonyl (C=O) groups is 2. The van der Waals surface area contributed by atoms with Crippen molar-refractivity contribution in [1.29, 1.82) is 0 Å². The molecule has 29 heavy (non-hydrogen) atoms. The van der Waals surface area contributed by atoms with Gasteiger partial charge in [-0.2, -0.15) is 13.2 Å². The van der Waals surface area contributed by atoms with Crippen LogP contribution in [-0.4, -0.2) is 39.2 Å². The molecule has 0 spiro atoms. The maximum atomic E-state index is 12.6. The van der Waals surface area contributed by atoms with Gasteiger partial charge in [0, 0.05) is 6.20 Å². The van der Waals surface area contributed by atoms with Crippen LogP contribution >= 0.6 is 11.3 Å². The van der Waals surface area contributed by atoms with Crippen molar-refractivity contribution in [2.24, 2.45) is 0 Å². The Morgan fingerprint density at radius 2 is 1.83 bits per heavy atom. The van der Waals surface area contributed by atoms with Crippen LogP contribution in [0.25, 0.3) is 0 Å². The lowest BCUT2D eigenvalue weighted by Crippen LogP contribution is -2.45. The third-order valence-electron chi connectivity index (χ3n) is 3.91. The van der Waals surface area contributed by atoms with Crippen LogP contribution in [0.4, 0.5) is 18.3 Å². The Morgan fingerprint density at radius 1 is 1.17 bits per heavy atom. The van der Waals surface area contributed by atoms with E-state index in [1.807, 2.05) is 0 Å². The normalized spacial score (nSPS) is 14.7. The summed E-state index contributed by atoms with van der Waals surface area (Å²) in [4.78, 5) is 27.9. The minimum Gasteiger partial charge on any atom is -0.379 e. The molecule has 3 atom stereocenters. The lowest BCUT2D eigenvalue weighted by atomic mass is 10.1. The molecular weight excluding hydrogens is 411 g/mol. The Hall–Kier alpha value is -2.50. The van der Waals surface area contributed by atoms with Crippen molar-refractivity contribution < 1.29 is 33.0 Å². The van der Waals surface area contributed by atoms with Gasteiger partial charge in [-0.05, 0) is 12.0 Å². The summed E-state index contributed by atoms with van der Waals surface area (Å²) in [7, 11) is 0. The number of aliphatic hydroxyl groups excluding tert-OH is 2. The van der Waals surface area contributed by atoms with E-state index in [0.717, 1.165) is 6.20 Å². The Labute approximate surface area is 168 Å². The largest absolute Gasteiger partial charge is 0.419 e. The third kappa shape index (κ3) is 6.24. The van der Waals surface area contributed by atoms with Gasteiger partial charge in [0.25, 0.3) is 5.91 Å². The topological polar surface area (TPSA) is 112 Å². The number of alkyl halides is 3. The number of amides is 2. The fourth-order valence-electron chi connectivity index (χ4n) is 2.42. The number of aromatic nitrogens is 1. The van der Waals surface area contributed by atoms with Crippen LogP contribution in [0.5, 0.6) is 0 Å². The van der Waals surface area contributed by atoms with Gasteiger partial charge >= 0.3 is 6.18 Å². The van der Waals surface area contributed by atoms with Crippen molar-refractivity contribution in [3.8, 4) is 0 Å². The molecule has 7 nitrogen and oxygen atoms in total. The minimum absolute atomic E-state index is 0.146. The summed E-state index contributed by atoms with van der Waals surface area (Å²) in [5.74, 6) is -1.47. The number of halogens is 3. The summed E-state index contributed by atoms with van der Waals surface area (Å²) in [5.41, 5.74) is 0.353. The van der Waals surface area contributed by atoms with E-state index in [1.165, 1.54) is 0 Å². The standard InChI is InChI=1S/C18H20F3N3O4S/c1-2-6-11(23-16(28)13(25)10-7-4-3-5-8-10)15(27)24-17-22-9-12(29-17)14(26)18(19,20)21/h3-5,7-9,11,13-14,25-26H,2,6H2,1H3,(H,23,28)(H,22,24,27)/t11-,13-,14?/m0/s1. The van der Waals surface area contributed by atoms with E-state index in [0.29, 0.717) is 23.3 Å². The molecule has 0 saturated carbocycles. The number of thiazole rings is 1. The van der Waals surface area contributed by atoms with Gasteiger partial charge in [-0.25, -0.2) is 4.98 Å². The number of hydrogen-bond donors (Lipinski definition) is 4. The molecule has 1 aromatic heterocycles. The second-order valence-corrected chi connectivity index (χ2v) is 7.23. The molecular formula is C18H20F3N3O4S. The number of nitrogens with zero attached hydrogens (tertiary/aromatic N) is 1. The van der Waals surface area contributed by atoms with E-state index < -0.39 is 41.1 Å². The molecule has 2 aromatic rings. The number of hydrogen-bond acceptors (Lipinski definition) is 6. The molecule has 0 fully saturated rings. The third-order valence-corrected chi connectivity index (χ3v) is 4.87. The molecule has 1 heterocycles. The zero-order chi connectivity index (χ0) is 21.6. The molecule has 0 saturated heterocycles. The molecule has 1 aromatic carbocycles. The molecule has 4 N–H and O–H groups in total. The maximum absolute atomic E-state index is 12.6. The number of rotatable bonds is 8. The van der Waals surface area contributed by atoms with Gasteiger partial charge in [0.05, 0.1) is 4.88 Å². The zero-order valence-corrected chi connectivity index (χ0v) is 16.1. The van der Waals surface area contributed by atoms with Gasteiger partial charge in [-0.1, -0.05) is 55.0 Å². The highest BCUT2D eigenvalue weighted by atomic mass is 32.1. The predicted octanol–water partition coefficient (Wildman–Crippen LogP) is 2.70. The van der Waals surface area contributed by atoms with Crippen LogP contribution in [0, 0.1) is 0 Å². The van der Waals surface area contributed by atoms with Gasteiger partial charge in [-0.3, -0.25) is 9.59 Å². The molecule has 0 radical (unpaired) electrons. The molecule has 158 valence electrons. The molecule has 0 bridgehead atoms. The number of anilines is 1. The smallest absolute Gasteiger partial charge is 0.379 e. The van der Waals surface area contributed by atoms with Crippen LogP contribution in [0.15, 0.2) is 36.5 Å². The van der Waals surface area contributed by atoms with Crippen LogP contribution < -0.4 is 10.6 Å². The Kier molecular flexibility index (Phi) is 7.71. The van der Waals surface area contributed by atoms with Crippen molar-refractivity contribution in [3.63, 3.8) is 0 Å². The van der Waals surface area contributed by atoms with Crippen LogP contribution in [0.3, 0.4) is 0 Å². The van der Waals surface area contributed by atoms with Crippen molar-refractivity contribution >= 4 is 28.3 Å². The number of carbonyl (C=O) groups excluding carboxylic acids is 2. The number of aliphatic hydroxyl groups is 2. The molecule has 0 aliphatic heterocycles. The van der Waals surface area contributed by atoms with Crippen molar-refractivity contribution in [3.05, 3.63) is 47.0 Å². The van der Waals surface area contributed by atoms with E-state index in [-0.39, 0.29) is 11.6 Å². The van der Waals surface area contributed by atoms with Crippen molar-refractivity contribution in [2.75, 3.05) is 5.32 Å². The lowest BCUT2D eigenvalue weighted by molar-refractivity contribution is -0.205. The second-order valence-electron chi connectivity index (χ2n) is 6.16. The highest BCUT2D eigenvalue weighted by Crippen LogP contribution is 2.36. The summed E-state index contributed by atoms with van der Waals surface area (Å²) in [6.45, 7) is 1.78. The van der Waals surface area contributed by atoms with Crippen molar-refractivity contribution in [1.82, 2.24) is 10.3 Å². The number of nitrogens with one attached hydrogen (secondary N) is 2. The monoisotopic (exact) mass is 431 g/mol. The fraction of sp³-hybridized carbons (Fsp3) is 0.389. The SMILES string of the molecule is CCC[C@H](NC(=O)[C@@H](O)c1ccccc1)C(=O)Nc1ncc(C(O)C(F)(F)F)s1. The Morgan fingerprint density at radius 3 is 2.41 bits per heavy atom. The van der Waals surface area contributed by atoms with E-state index in [9.17, 15) is 33.0 Å². The number of benzene rings is 1. The van der Waals surface area contributed by atoms with E-state index in [1.54, 1.807) is 37.3 Å². The van der Waals surface area contributed by atoms with Gasteiger partial charge in [0.15, 0.2) is 17.3 Å². The average molecular weight is 431 g/mol. The summed E-state index contributed by atoms with van der Waals surface area (Å²) < 4.78 is 37.7. The Bertz CT molecular complexity index is 829. The zero-order valence-electron chi connectivity index (χ0n) is 15.3. The average Bonchev–Trinajstić information content (AvgIpc) is 3.14.